The molecular formula is C28H37N5O4S. The summed E-state index contributed by atoms with van der Waals surface area (Å²) in [7, 11) is 3.86. The van der Waals surface area contributed by atoms with Crippen molar-refractivity contribution in [1.82, 2.24) is 15.1 Å². The van der Waals surface area contributed by atoms with Crippen LogP contribution in [-0.4, -0.2) is 79.2 Å². The van der Waals surface area contributed by atoms with Crippen LogP contribution in [0.3, 0.4) is 0 Å². The lowest BCUT2D eigenvalue weighted by Crippen LogP contribution is -2.63. The normalized spacial score (nSPS) is 19.1. The fourth-order valence-electron chi connectivity index (χ4n) is 5.33. The number of anilines is 1. The molecule has 2 aliphatic rings. The summed E-state index contributed by atoms with van der Waals surface area (Å²) >= 11 is 1.31. The molecule has 2 fully saturated rings. The second-order valence-electron chi connectivity index (χ2n) is 10.4. The SMILES string of the molecule is CN(C)c1ccc(C(=O)N2CCN(C(=O)c3cccs3)C(C(=O)NC(CC3CCCCC3)C(N)=O)C2)cc1. The largest absolute Gasteiger partial charge is 0.378 e. The summed E-state index contributed by atoms with van der Waals surface area (Å²) in [6.45, 7) is 0.544. The number of thiophene rings is 1. The third kappa shape index (κ3) is 6.53. The molecule has 4 amide bonds. The number of carbonyl (C=O) groups excluding carboxylic acids is 4. The van der Waals surface area contributed by atoms with Crippen LogP contribution in [-0.2, 0) is 9.59 Å². The molecule has 2 unspecified atom stereocenters. The van der Waals surface area contributed by atoms with Gasteiger partial charge in [-0.3, -0.25) is 19.2 Å². The van der Waals surface area contributed by atoms with Crippen LogP contribution in [0, 0.1) is 5.92 Å². The number of nitrogens with two attached hydrogens (primary N) is 1. The van der Waals surface area contributed by atoms with Crippen LogP contribution in [0.4, 0.5) is 5.69 Å². The molecule has 2 atom stereocenters. The van der Waals surface area contributed by atoms with Crippen molar-refractivity contribution < 1.29 is 19.2 Å². The van der Waals surface area contributed by atoms with E-state index in [-0.39, 0.29) is 24.9 Å². The molecule has 4 rings (SSSR count). The molecule has 38 heavy (non-hydrogen) atoms. The predicted octanol–water partition coefficient (Wildman–Crippen LogP) is 2.72. The van der Waals surface area contributed by atoms with E-state index in [2.05, 4.69) is 5.32 Å². The number of carbonyl (C=O) groups is 4. The number of hydrogen-bond donors (Lipinski definition) is 2. The molecule has 204 valence electrons. The molecule has 1 aromatic carbocycles. The Balaban J connectivity index is 1.52. The van der Waals surface area contributed by atoms with Crippen LogP contribution in [0.2, 0.25) is 0 Å². The number of benzene rings is 1. The summed E-state index contributed by atoms with van der Waals surface area (Å²) in [5.41, 5.74) is 7.17. The Labute approximate surface area is 228 Å². The van der Waals surface area contributed by atoms with Crippen LogP contribution < -0.4 is 16.0 Å². The zero-order valence-corrected chi connectivity index (χ0v) is 22.9. The van der Waals surface area contributed by atoms with Crippen molar-refractivity contribution in [3.05, 3.63) is 52.2 Å². The quantitative estimate of drug-likeness (QED) is 0.535. The Hall–Kier alpha value is -3.40. The maximum atomic E-state index is 13.6. The summed E-state index contributed by atoms with van der Waals surface area (Å²) in [4.78, 5) is 58.2. The zero-order valence-electron chi connectivity index (χ0n) is 22.1. The average Bonchev–Trinajstić information content (AvgIpc) is 3.47. The first-order valence-corrected chi connectivity index (χ1v) is 14.1. The van der Waals surface area contributed by atoms with E-state index >= 15 is 0 Å². The fourth-order valence-corrected chi connectivity index (χ4v) is 6.01. The van der Waals surface area contributed by atoms with Crippen molar-refractivity contribution in [3.8, 4) is 0 Å². The summed E-state index contributed by atoms with van der Waals surface area (Å²) in [5, 5.41) is 4.65. The van der Waals surface area contributed by atoms with E-state index in [9.17, 15) is 19.2 Å². The molecular weight excluding hydrogens is 502 g/mol. The van der Waals surface area contributed by atoms with Gasteiger partial charge < -0.3 is 25.8 Å². The van der Waals surface area contributed by atoms with Crippen LogP contribution in [0.5, 0.6) is 0 Å². The number of primary amides is 1. The molecule has 1 aliphatic heterocycles. The van der Waals surface area contributed by atoms with Crippen molar-refractivity contribution in [2.45, 2.75) is 50.6 Å². The van der Waals surface area contributed by atoms with Gasteiger partial charge in [0.15, 0.2) is 0 Å². The van der Waals surface area contributed by atoms with E-state index in [1.165, 1.54) is 22.7 Å². The van der Waals surface area contributed by atoms with E-state index in [0.717, 1.165) is 31.4 Å². The number of piperazine rings is 1. The Kier molecular flexibility index (Phi) is 9.04. The Morgan fingerprint density at radius 3 is 2.34 bits per heavy atom. The number of nitrogens with zero attached hydrogens (tertiary/aromatic N) is 3. The number of amides is 4. The maximum absolute atomic E-state index is 13.6. The third-order valence-corrected chi connectivity index (χ3v) is 8.41. The summed E-state index contributed by atoms with van der Waals surface area (Å²) in [6, 6.07) is 9.05. The maximum Gasteiger partial charge on any atom is 0.264 e. The van der Waals surface area contributed by atoms with Gasteiger partial charge in [-0.2, -0.15) is 0 Å². The van der Waals surface area contributed by atoms with Gasteiger partial charge in [0.05, 0.1) is 11.4 Å². The van der Waals surface area contributed by atoms with Gasteiger partial charge >= 0.3 is 0 Å². The smallest absolute Gasteiger partial charge is 0.264 e. The second kappa shape index (κ2) is 12.4. The van der Waals surface area contributed by atoms with Crippen LogP contribution in [0.1, 0.15) is 58.6 Å². The fraction of sp³-hybridized carbons (Fsp3) is 0.500. The molecule has 0 bridgehead atoms. The molecule has 1 aromatic heterocycles. The van der Waals surface area contributed by atoms with Crippen molar-refractivity contribution >= 4 is 40.7 Å². The lowest BCUT2D eigenvalue weighted by atomic mass is 9.84. The highest BCUT2D eigenvalue weighted by Crippen LogP contribution is 2.28. The monoisotopic (exact) mass is 539 g/mol. The van der Waals surface area contributed by atoms with Gasteiger partial charge in [-0.05, 0) is 48.1 Å². The van der Waals surface area contributed by atoms with Crippen molar-refractivity contribution in [3.63, 3.8) is 0 Å². The molecule has 2 heterocycles. The molecule has 2 aromatic rings. The van der Waals surface area contributed by atoms with E-state index in [4.69, 9.17) is 5.73 Å². The highest BCUT2D eigenvalue weighted by atomic mass is 32.1. The van der Waals surface area contributed by atoms with Crippen LogP contribution in [0.25, 0.3) is 0 Å². The first kappa shape index (κ1) is 27.6. The molecule has 3 N–H and O–H groups in total. The molecule has 9 nitrogen and oxygen atoms in total. The minimum absolute atomic E-state index is 0.0339. The highest BCUT2D eigenvalue weighted by molar-refractivity contribution is 7.12. The van der Waals surface area contributed by atoms with Gasteiger partial charge in [0.2, 0.25) is 11.8 Å². The van der Waals surface area contributed by atoms with Gasteiger partial charge in [0, 0.05) is 38.4 Å². The van der Waals surface area contributed by atoms with Gasteiger partial charge in [0.1, 0.15) is 12.1 Å². The highest BCUT2D eigenvalue weighted by Gasteiger charge is 2.39. The van der Waals surface area contributed by atoms with Gasteiger partial charge in [0.25, 0.3) is 11.8 Å². The molecule has 1 aliphatic carbocycles. The van der Waals surface area contributed by atoms with Crippen molar-refractivity contribution in [1.29, 1.82) is 0 Å². The number of nitrogens with one attached hydrogen (secondary N) is 1. The molecule has 1 saturated carbocycles. The Morgan fingerprint density at radius 2 is 1.74 bits per heavy atom. The molecule has 1 saturated heterocycles. The second-order valence-corrected chi connectivity index (χ2v) is 11.3. The minimum atomic E-state index is -0.934. The summed E-state index contributed by atoms with van der Waals surface area (Å²) in [5.74, 6) is -1.17. The van der Waals surface area contributed by atoms with Gasteiger partial charge in [-0.25, -0.2) is 0 Å². The van der Waals surface area contributed by atoms with Crippen LogP contribution in [0.15, 0.2) is 41.8 Å². The zero-order chi connectivity index (χ0) is 27.2. The summed E-state index contributed by atoms with van der Waals surface area (Å²) < 4.78 is 0. The molecule has 0 spiro atoms. The standard InChI is InChI=1S/C28H37N5O4S/c1-31(2)21-12-10-20(11-13-21)27(36)32-14-15-33(28(37)24-9-6-16-38-24)23(18-32)26(35)30-22(25(29)34)17-19-7-4-3-5-8-19/h6,9-13,16,19,22-23H,3-5,7-8,14-15,17-18H2,1-2H3,(H2,29,34)(H,30,35). The summed E-state index contributed by atoms with van der Waals surface area (Å²) in [6.07, 6.45) is 5.94. The molecule has 10 heteroatoms. The first-order chi connectivity index (χ1) is 18.2. The predicted molar refractivity (Wildman–Crippen MR) is 148 cm³/mol. The number of rotatable bonds is 8. The lowest BCUT2D eigenvalue weighted by Gasteiger charge is -2.41. The van der Waals surface area contributed by atoms with E-state index < -0.39 is 23.9 Å². The first-order valence-electron chi connectivity index (χ1n) is 13.3. The Morgan fingerprint density at radius 1 is 1.03 bits per heavy atom. The van der Waals surface area contributed by atoms with E-state index in [0.29, 0.717) is 29.3 Å². The molecule has 0 radical (unpaired) electrons. The Bertz CT molecular complexity index is 1130. The minimum Gasteiger partial charge on any atom is -0.378 e. The topological polar surface area (TPSA) is 116 Å². The third-order valence-electron chi connectivity index (χ3n) is 7.55. The van der Waals surface area contributed by atoms with E-state index in [1.54, 1.807) is 29.2 Å². The van der Waals surface area contributed by atoms with Crippen LogP contribution >= 0.6 is 11.3 Å². The number of hydrogen-bond acceptors (Lipinski definition) is 6. The van der Waals surface area contributed by atoms with Crippen molar-refractivity contribution in [2.75, 3.05) is 38.6 Å². The van der Waals surface area contributed by atoms with E-state index in [1.807, 2.05) is 36.5 Å². The van der Waals surface area contributed by atoms with Crippen molar-refractivity contribution in [2.24, 2.45) is 11.7 Å². The average molecular weight is 540 g/mol. The van der Waals surface area contributed by atoms with Gasteiger partial charge in [-0.15, -0.1) is 11.3 Å². The van der Waals surface area contributed by atoms with Gasteiger partial charge in [-0.1, -0.05) is 38.2 Å². The lowest BCUT2D eigenvalue weighted by molar-refractivity contribution is -0.131.